The molecule has 0 fully saturated rings. The number of hydrogen-bond acceptors (Lipinski definition) is 10. The predicted molar refractivity (Wildman–Crippen MR) is 111 cm³/mol. The van der Waals surface area contributed by atoms with Crippen LogP contribution in [0.2, 0.25) is 10.0 Å². The Hall–Kier alpha value is -3.63. The summed E-state index contributed by atoms with van der Waals surface area (Å²) in [6, 6.07) is 10.6. The van der Waals surface area contributed by atoms with E-state index >= 15 is 0 Å². The third-order valence-electron chi connectivity index (χ3n) is 4.07. The van der Waals surface area contributed by atoms with Crippen molar-refractivity contribution in [1.29, 1.82) is 0 Å². The van der Waals surface area contributed by atoms with Crippen LogP contribution in [0.5, 0.6) is 11.5 Å². The molecule has 2 aromatic carbocycles. The van der Waals surface area contributed by atoms with Gasteiger partial charge in [0, 0.05) is 22.3 Å². The molecule has 0 spiro atoms. The maximum Gasteiger partial charge on any atom is 0.245 e. The van der Waals surface area contributed by atoms with E-state index in [0.717, 1.165) is 0 Å². The number of halogens is 2. The number of hydrogen-bond donors (Lipinski definition) is 2. The number of hydrazone groups is 1. The first-order valence-electron chi connectivity index (χ1n) is 8.57. The number of aromatic nitrogens is 4. The number of ether oxygens (including phenoxy) is 2. The zero-order valence-electron chi connectivity index (χ0n) is 15.0. The second-order valence-corrected chi connectivity index (χ2v) is 6.91. The lowest BCUT2D eigenvalue weighted by molar-refractivity contribution is 0.174. The third kappa shape index (κ3) is 3.65. The molecule has 4 aromatic rings. The molecule has 0 radical (unpaired) electrons. The van der Waals surface area contributed by atoms with Crippen LogP contribution in [0.3, 0.4) is 0 Å². The van der Waals surface area contributed by atoms with Gasteiger partial charge in [-0.05, 0) is 34.6 Å². The molecule has 1 aliphatic heterocycles. The molecule has 5 rings (SSSR count). The van der Waals surface area contributed by atoms with Gasteiger partial charge in [-0.25, -0.2) is 9.61 Å². The molecule has 10 nitrogen and oxygen atoms in total. The average molecular weight is 444 g/mol. The summed E-state index contributed by atoms with van der Waals surface area (Å²) in [5.74, 6) is 1.84. The van der Waals surface area contributed by atoms with Crippen molar-refractivity contribution in [3.05, 3.63) is 52.0 Å². The largest absolute Gasteiger partial charge is 0.454 e. The molecule has 0 unspecified atom stereocenters. The topological polar surface area (TPSA) is 120 Å². The summed E-state index contributed by atoms with van der Waals surface area (Å²) in [5.41, 5.74) is 4.65. The minimum Gasteiger partial charge on any atom is -0.454 e. The smallest absolute Gasteiger partial charge is 0.245 e. The Morgan fingerprint density at radius 1 is 0.967 bits per heavy atom. The van der Waals surface area contributed by atoms with E-state index in [9.17, 15) is 0 Å². The molecule has 12 heteroatoms. The normalized spacial score (nSPS) is 12.6. The summed E-state index contributed by atoms with van der Waals surface area (Å²) in [7, 11) is 0. The van der Waals surface area contributed by atoms with Crippen molar-refractivity contribution in [3.8, 4) is 11.5 Å². The SMILES string of the molecule is Clc1cccc(Nc2nc3nonc3nc2N/N=C\c2cc3c(cc2Cl)OCO3)c1. The summed E-state index contributed by atoms with van der Waals surface area (Å²) >= 11 is 12.3. The Morgan fingerprint density at radius 3 is 2.53 bits per heavy atom. The number of fused-ring (bicyclic) bond motifs is 2. The zero-order valence-corrected chi connectivity index (χ0v) is 16.5. The summed E-state index contributed by atoms with van der Waals surface area (Å²) < 4.78 is 15.4. The van der Waals surface area contributed by atoms with Gasteiger partial charge in [0.15, 0.2) is 23.1 Å². The van der Waals surface area contributed by atoms with Crippen LogP contribution in [0.1, 0.15) is 5.56 Å². The van der Waals surface area contributed by atoms with Crippen LogP contribution < -0.4 is 20.2 Å². The van der Waals surface area contributed by atoms with Gasteiger partial charge in [0.25, 0.3) is 0 Å². The highest BCUT2D eigenvalue weighted by Crippen LogP contribution is 2.36. The molecule has 1 aliphatic rings. The zero-order chi connectivity index (χ0) is 20.5. The van der Waals surface area contributed by atoms with Crippen LogP contribution in [0.4, 0.5) is 17.3 Å². The molecule has 3 heterocycles. The molecule has 2 aromatic heterocycles. The lowest BCUT2D eigenvalue weighted by Crippen LogP contribution is -2.03. The molecular formula is C18H11Cl2N7O3. The van der Waals surface area contributed by atoms with E-state index in [2.05, 4.69) is 36.1 Å². The molecule has 150 valence electrons. The van der Waals surface area contributed by atoms with Gasteiger partial charge in [-0.3, -0.25) is 5.43 Å². The monoisotopic (exact) mass is 443 g/mol. The predicted octanol–water partition coefficient (Wildman–Crippen LogP) is 4.24. The highest BCUT2D eigenvalue weighted by Gasteiger charge is 2.16. The Kier molecular flexibility index (Phi) is 4.69. The Balaban J connectivity index is 1.44. The van der Waals surface area contributed by atoms with Gasteiger partial charge in [-0.2, -0.15) is 10.1 Å². The Bertz CT molecular complexity index is 1280. The maximum absolute atomic E-state index is 6.27. The van der Waals surface area contributed by atoms with E-state index in [1.54, 1.807) is 30.3 Å². The van der Waals surface area contributed by atoms with Crippen LogP contribution in [-0.2, 0) is 0 Å². The quantitative estimate of drug-likeness (QED) is 0.344. The molecule has 2 N–H and O–H groups in total. The van der Waals surface area contributed by atoms with Crippen LogP contribution in [0.15, 0.2) is 46.1 Å². The number of rotatable bonds is 5. The lowest BCUT2D eigenvalue weighted by Gasteiger charge is -2.09. The van der Waals surface area contributed by atoms with Gasteiger partial charge in [-0.15, -0.1) is 0 Å². The summed E-state index contributed by atoms with van der Waals surface area (Å²) in [4.78, 5) is 8.70. The minimum atomic E-state index is 0.157. The highest BCUT2D eigenvalue weighted by molar-refractivity contribution is 6.33. The highest BCUT2D eigenvalue weighted by atomic mass is 35.5. The van der Waals surface area contributed by atoms with Gasteiger partial charge in [0.1, 0.15) is 0 Å². The fourth-order valence-corrected chi connectivity index (χ4v) is 3.09. The number of nitrogens with one attached hydrogen (secondary N) is 2. The standard InChI is InChI=1S/C18H11Cl2N7O3/c19-10-2-1-3-11(5-10)22-15-16(24-18-17(23-15)26-30-27-18)25-21-7-9-4-13-14(6-12(9)20)29-8-28-13/h1-7H,8H2,(H,22,23,26)(H,24,25,27)/b21-7-. The third-order valence-corrected chi connectivity index (χ3v) is 4.63. The molecule has 0 bridgehead atoms. The van der Waals surface area contributed by atoms with Crippen LogP contribution in [0.25, 0.3) is 11.3 Å². The van der Waals surface area contributed by atoms with Gasteiger partial charge in [0.05, 0.1) is 11.2 Å². The molecule has 0 atom stereocenters. The van der Waals surface area contributed by atoms with Crippen molar-refractivity contribution >= 4 is 58.0 Å². The first-order valence-corrected chi connectivity index (χ1v) is 9.32. The second-order valence-electron chi connectivity index (χ2n) is 6.06. The maximum atomic E-state index is 6.27. The minimum absolute atomic E-state index is 0.157. The van der Waals surface area contributed by atoms with E-state index in [1.165, 1.54) is 6.21 Å². The molecule has 30 heavy (non-hydrogen) atoms. The van der Waals surface area contributed by atoms with E-state index in [4.69, 9.17) is 37.3 Å². The van der Waals surface area contributed by atoms with Gasteiger partial charge < -0.3 is 14.8 Å². The molecule has 0 saturated carbocycles. The van der Waals surface area contributed by atoms with Crippen LogP contribution in [0, 0.1) is 0 Å². The van der Waals surface area contributed by atoms with E-state index in [0.29, 0.717) is 44.4 Å². The number of nitrogens with zero attached hydrogens (tertiary/aromatic N) is 5. The molecule has 0 saturated heterocycles. The number of benzene rings is 2. The van der Waals surface area contributed by atoms with Crippen molar-refractivity contribution in [3.63, 3.8) is 0 Å². The average Bonchev–Trinajstić information content (AvgIpc) is 3.36. The van der Waals surface area contributed by atoms with Crippen molar-refractivity contribution in [2.45, 2.75) is 0 Å². The van der Waals surface area contributed by atoms with Crippen LogP contribution >= 0.6 is 23.2 Å². The van der Waals surface area contributed by atoms with Crippen molar-refractivity contribution in [2.24, 2.45) is 5.10 Å². The summed E-state index contributed by atoms with van der Waals surface area (Å²) in [6.45, 7) is 0.157. The van der Waals surface area contributed by atoms with Crippen molar-refractivity contribution in [1.82, 2.24) is 20.3 Å². The lowest BCUT2D eigenvalue weighted by atomic mass is 10.2. The second kappa shape index (κ2) is 7.65. The first-order chi connectivity index (χ1) is 14.7. The molecular weight excluding hydrogens is 433 g/mol. The van der Waals surface area contributed by atoms with Crippen molar-refractivity contribution < 1.29 is 14.1 Å². The summed E-state index contributed by atoms with van der Waals surface area (Å²) in [6.07, 6.45) is 1.53. The van der Waals surface area contributed by atoms with Crippen molar-refractivity contribution in [2.75, 3.05) is 17.5 Å². The Morgan fingerprint density at radius 2 is 1.73 bits per heavy atom. The molecule has 0 aliphatic carbocycles. The fraction of sp³-hybridized carbons (Fsp3) is 0.0556. The van der Waals surface area contributed by atoms with Crippen LogP contribution in [-0.4, -0.2) is 33.3 Å². The molecule has 0 amide bonds. The van der Waals surface area contributed by atoms with Gasteiger partial charge >= 0.3 is 0 Å². The summed E-state index contributed by atoms with van der Waals surface area (Å²) in [5, 5.41) is 15.8. The van der Waals surface area contributed by atoms with Gasteiger partial charge in [0.2, 0.25) is 18.1 Å². The number of anilines is 3. The van der Waals surface area contributed by atoms with Gasteiger partial charge in [-0.1, -0.05) is 29.3 Å². The van der Waals surface area contributed by atoms with E-state index < -0.39 is 0 Å². The van der Waals surface area contributed by atoms with E-state index in [1.807, 2.05) is 6.07 Å². The van der Waals surface area contributed by atoms with E-state index in [-0.39, 0.29) is 18.1 Å². The Labute approximate surface area is 178 Å². The fourth-order valence-electron chi connectivity index (χ4n) is 2.70. The first kappa shape index (κ1) is 18.4.